The van der Waals surface area contributed by atoms with E-state index < -0.39 is 0 Å². The molecule has 0 aliphatic carbocycles. The second-order valence-electron chi connectivity index (χ2n) is 5.30. The van der Waals surface area contributed by atoms with Crippen LogP contribution in [0.5, 0.6) is 0 Å². The van der Waals surface area contributed by atoms with Crippen molar-refractivity contribution in [2.45, 2.75) is 18.8 Å². The monoisotopic (exact) mass is 297 g/mol. The smallest absolute Gasteiger partial charge is 0.124 e. The number of alkyl halides is 1. The quantitative estimate of drug-likeness (QED) is 0.810. The van der Waals surface area contributed by atoms with Crippen molar-refractivity contribution in [2.24, 2.45) is 5.92 Å². The van der Waals surface area contributed by atoms with Crippen LogP contribution < -0.4 is 0 Å². The molecule has 1 unspecified atom stereocenters. The minimum atomic E-state index is 0.424. The maximum atomic E-state index is 6.21. The van der Waals surface area contributed by atoms with Crippen LogP contribution in [0.4, 0.5) is 0 Å². The van der Waals surface area contributed by atoms with E-state index in [0.717, 1.165) is 29.9 Å². The van der Waals surface area contributed by atoms with Gasteiger partial charge in [-0.1, -0.05) is 17.7 Å². The Balaban J connectivity index is 1.99. The molecule has 0 saturated carbocycles. The summed E-state index contributed by atoms with van der Waals surface area (Å²) in [4.78, 5) is 6.95. The van der Waals surface area contributed by atoms with Gasteiger partial charge in [0.2, 0.25) is 0 Å². The highest BCUT2D eigenvalue weighted by Gasteiger charge is 2.22. The maximum Gasteiger partial charge on any atom is 0.124 e. The molecule has 102 valence electrons. The highest BCUT2D eigenvalue weighted by molar-refractivity contribution is 6.35. The number of hydrogen-bond acceptors (Lipinski definition) is 2. The van der Waals surface area contributed by atoms with Crippen LogP contribution in [-0.2, 0) is 12.4 Å². The van der Waals surface area contributed by atoms with Gasteiger partial charge in [0.15, 0.2) is 0 Å². The zero-order valence-electron chi connectivity index (χ0n) is 10.9. The van der Waals surface area contributed by atoms with Crippen LogP contribution in [0, 0.1) is 5.92 Å². The summed E-state index contributed by atoms with van der Waals surface area (Å²) in [5.74, 6) is 2.01. The molecular weight excluding hydrogens is 281 g/mol. The summed E-state index contributed by atoms with van der Waals surface area (Å²) >= 11 is 12.2. The fourth-order valence-corrected chi connectivity index (χ4v) is 3.32. The van der Waals surface area contributed by atoms with Crippen LogP contribution in [0.2, 0.25) is 5.02 Å². The van der Waals surface area contributed by atoms with Gasteiger partial charge in [-0.15, -0.1) is 11.6 Å². The summed E-state index contributed by atoms with van der Waals surface area (Å²) in [5, 5.41) is 0.700. The first-order valence-corrected chi connectivity index (χ1v) is 7.48. The molecule has 5 heteroatoms. The number of nitrogens with zero attached hydrogens (tertiary/aromatic N) is 3. The molecular formula is C14H17Cl2N3. The number of halogens is 2. The van der Waals surface area contributed by atoms with E-state index in [4.69, 9.17) is 23.2 Å². The predicted octanol–water partition coefficient (Wildman–Crippen LogP) is 3.38. The molecule has 19 heavy (non-hydrogen) atoms. The third kappa shape index (κ3) is 2.47. The molecule has 2 heterocycles. The first kappa shape index (κ1) is 13.2. The standard InChI is InChI=1S/C14H17Cl2N3/c1-18-6-5-10(8-18)9-19-12-4-2-3-11(16)14(12)17-13(19)7-15/h2-4,10H,5-9H2,1H3. The molecule has 1 fully saturated rings. The summed E-state index contributed by atoms with van der Waals surface area (Å²) in [5.41, 5.74) is 1.96. The first-order valence-electron chi connectivity index (χ1n) is 6.57. The Morgan fingerprint density at radius 3 is 2.95 bits per heavy atom. The van der Waals surface area contributed by atoms with E-state index in [2.05, 4.69) is 27.6 Å². The summed E-state index contributed by atoms with van der Waals surface area (Å²) in [6.07, 6.45) is 1.23. The summed E-state index contributed by atoms with van der Waals surface area (Å²) in [6.45, 7) is 3.29. The maximum absolute atomic E-state index is 6.21. The van der Waals surface area contributed by atoms with Crippen molar-refractivity contribution >= 4 is 34.2 Å². The number of para-hydroxylation sites is 1. The van der Waals surface area contributed by atoms with Gasteiger partial charge in [-0.3, -0.25) is 0 Å². The molecule has 0 N–H and O–H groups in total. The zero-order valence-corrected chi connectivity index (χ0v) is 12.5. The van der Waals surface area contributed by atoms with Crippen molar-refractivity contribution in [1.29, 1.82) is 0 Å². The van der Waals surface area contributed by atoms with Crippen molar-refractivity contribution in [2.75, 3.05) is 20.1 Å². The summed E-state index contributed by atoms with van der Waals surface area (Å²) in [6, 6.07) is 5.92. The van der Waals surface area contributed by atoms with Crippen LogP contribution in [0.15, 0.2) is 18.2 Å². The number of rotatable bonds is 3. The number of imidazole rings is 1. The number of hydrogen-bond donors (Lipinski definition) is 0. The Morgan fingerprint density at radius 1 is 1.42 bits per heavy atom. The van der Waals surface area contributed by atoms with E-state index in [9.17, 15) is 0 Å². The van der Waals surface area contributed by atoms with Crippen molar-refractivity contribution in [3.05, 3.63) is 29.0 Å². The van der Waals surface area contributed by atoms with Crippen LogP contribution in [0.25, 0.3) is 11.0 Å². The van der Waals surface area contributed by atoms with Crippen LogP contribution >= 0.6 is 23.2 Å². The lowest BCUT2D eigenvalue weighted by Crippen LogP contribution is -2.17. The van der Waals surface area contributed by atoms with Crippen LogP contribution in [0.1, 0.15) is 12.2 Å². The van der Waals surface area contributed by atoms with Crippen molar-refractivity contribution in [1.82, 2.24) is 14.5 Å². The van der Waals surface area contributed by atoms with E-state index in [1.54, 1.807) is 0 Å². The lowest BCUT2D eigenvalue weighted by Gasteiger charge is -2.14. The highest BCUT2D eigenvalue weighted by atomic mass is 35.5. The molecule has 0 bridgehead atoms. The number of fused-ring (bicyclic) bond motifs is 1. The third-order valence-electron chi connectivity index (χ3n) is 3.86. The molecule has 0 radical (unpaired) electrons. The fourth-order valence-electron chi connectivity index (χ4n) is 2.90. The van der Waals surface area contributed by atoms with Gasteiger partial charge in [0.05, 0.1) is 16.4 Å². The molecule has 3 rings (SSSR count). The molecule has 1 aromatic heterocycles. The molecule has 1 aliphatic rings. The molecule has 0 amide bonds. The Morgan fingerprint density at radius 2 is 2.26 bits per heavy atom. The van der Waals surface area contributed by atoms with Crippen LogP contribution in [-0.4, -0.2) is 34.6 Å². The topological polar surface area (TPSA) is 21.1 Å². The zero-order chi connectivity index (χ0) is 13.4. The van der Waals surface area contributed by atoms with Gasteiger partial charge >= 0.3 is 0 Å². The minimum Gasteiger partial charge on any atom is -0.327 e. The number of benzene rings is 1. The molecule has 1 atom stereocenters. The van der Waals surface area contributed by atoms with Crippen LogP contribution in [0.3, 0.4) is 0 Å². The average molecular weight is 298 g/mol. The normalized spacial score (nSPS) is 20.5. The molecule has 3 nitrogen and oxygen atoms in total. The Hall–Kier alpha value is -0.770. The summed E-state index contributed by atoms with van der Waals surface area (Å²) < 4.78 is 2.23. The van der Waals surface area contributed by atoms with Gasteiger partial charge in [-0.2, -0.15) is 0 Å². The molecule has 1 aromatic carbocycles. The van der Waals surface area contributed by atoms with E-state index in [1.165, 1.54) is 13.0 Å². The lowest BCUT2D eigenvalue weighted by atomic mass is 10.1. The van der Waals surface area contributed by atoms with Crippen molar-refractivity contribution in [3.8, 4) is 0 Å². The van der Waals surface area contributed by atoms with Gasteiger partial charge in [0.1, 0.15) is 11.3 Å². The second kappa shape index (κ2) is 5.31. The predicted molar refractivity (Wildman–Crippen MR) is 79.9 cm³/mol. The van der Waals surface area contributed by atoms with Crippen molar-refractivity contribution < 1.29 is 0 Å². The minimum absolute atomic E-state index is 0.424. The van der Waals surface area contributed by atoms with Crippen molar-refractivity contribution in [3.63, 3.8) is 0 Å². The van der Waals surface area contributed by atoms with Gasteiger partial charge in [-0.25, -0.2) is 4.98 Å². The first-order chi connectivity index (χ1) is 9.19. The molecule has 0 spiro atoms. The lowest BCUT2D eigenvalue weighted by molar-refractivity contribution is 0.378. The average Bonchev–Trinajstić information content (AvgIpc) is 2.96. The van der Waals surface area contributed by atoms with E-state index in [0.29, 0.717) is 16.8 Å². The molecule has 1 saturated heterocycles. The van der Waals surface area contributed by atoms with E-state index in [-0.39, 0.29) is 0 Å². The van der Waals surface area contributed by atoms with E-state index in [1.807, 2.05) is 12.1 Å². The van der Waals surface area contributed by atoms with E-state index >= 15 is 0 Å². The van der Waals surface area contributed by atoms with Gasteiger partial charge in [-0.05, 0) is 38.1 Å². The Labute approximate surface area is 123 Å². The molecule has 1 aliphatic heterocycles. The van der Waals surface area contributed by atoms with Gasteiger partial charge in [0, 0.05) is 13.1 Å². The third-order valence-corrected chi connectivity index (χ3v) is 4.40. The van der Waals surface area contributed by atoms with Gasteiger partial charge < -0.3 is 9.47 Å². The Kier molecular flexibility index (Phi) is 3.70. The largest absolute Gasteiger partial charge is 0.327 e. The molecule has 2 aromatic rings. The number of likely N-dealkylation sites (tertiary alicyclic amines) is 1. The second-order valence-corrected chi connectivity index (χ2v) is 5.97. The van der Waals surface area contributed by atoms with Gasteiger partial charge in [0.25, 0.3) is 0 Å². The fraction of sp³-hybridized carbons (Fsp3) is 0.500. The highest BCUT2D eigenvalue weighted by Crippen LogP contribution is 2.27. The summed E-state index contributed by atoms with van der Waals surface area (Å²) in [7, 11) is 2.17. The SMILES string of the molecule is CN1CCC(Cn2c(CCl)nc3c(Cl)cccc32)C1. The Bertz CT molecular complexity index is 594. The number of aromatic nitrogens is 2.